The van der Waals surface area contributed by atoms with Crippen LogP contribution in [0.4, 0.5) is 8.78 Å². The van der Waals surface area contributed by atoms with Crippen molar-refractivity contribution in [1.29, 1.82) is 0 Å². The highest BCUT2D eigenvalue weighted by Gasteiger charge is 2.22. The van der Waals surface area contributed by atoms with Gasteiger partial charge in [-0.05, 0) is 19.1 Å². The molecule has 0 amide bonds. The van der Waals surface area contributed by atoms with E-state index in [1.165, 1.54) is 0 Å². The SMILES string of the molecule is COC(=O)c1c(F)ccc(C(C)=O)c1F. The largest absolute Gasteiger partial charge is 0.465 e. The van der Waals surface area contributed by atoms with Gasteiger partial charge in [-0.3, -0.25) is 4.79 Å². The third kappa shape index (κ3) is 2.01. The molecule has 0 radical (unpaired) electrons. The first-order chi connectivity index (χ1) is 6.99. The van der Waals surface area contributed by atoms with Crippen molar-refractivity contribution in [2.45, 2.75) is 6.92 Å². The van der Waals surface area contributed by atoms with Crippen molar-refractivity contribution in [3.05, 3.63) is 34.9 Å². The third-order valence-electron chi connectivity index (χ3n) is 1.86. The highest BCUT2D eigenvalue weighted by molar-refractivity contribution is 5.98. The Morgan fingerprint density at radius 1 is 1.27 bits per heavy atom. The van der Waals surface area contributed by atoms with Crippen molar-refractivity contribution in [2.75, 3.05) is 7.11 Å². The maximum Gasteiger partial charge on any atom is 0.343 e. The van der Waals surface area contributed by atoms with Crippen molar-refractivity contribution in [3.63, 3.8) is 0 Å². The number of Topliss-reactive ketones (excluding diaryl/α,β-unsaturated/α-hetero) is 1. The number of carbonyl (C=O) groups excluding carboxylic acids is 2. The zero-order valence-electron chi connectivity index (χ0n) is 8.14. The van der Waals surface area contributed by atoms with Gasteiger partial charge in [-0.15, -0.1) is 0 Å². The minimum absolute atomic E-state index is 0.336. The summed E-state index contributed by atoms with van der Waals surface area (Å²) in [5.41, 5.74) is -1.18. The van der Waals surface area contributed by atoms with Crippen molar-refractivity contribution in [3.8, 4) is 0 Å². The number of hydrogen-bond acceptors (Lipinski definition) is 3. The van der Waals surface area contributed by atoms with Gasteiger partial charge in [0.2, 0.25) is 0 Å². The molecular weight excluding hydrogens is 206 g/mol. The second-order valence-electron chi connectivity index (χ2n) is 2.83. The minimum Gasteiger partial charge on any atom is -0.465 e. The topological polar surface area (TPSA) is 43.4 Å². The average molecular weight is 214 g/mol. The van der Waals surface area contributed by atoms with Gasteiger partial charge in [-0.25, -0.2) is 13.6 Å². The molecular formula is C10H8F2O3. The molecule has 1 aromatic rings. The van der Waals surface area contributed by atoms with Crippen LogP contribution in [0.2, 0.25) is 0 Å². The van der Waals surface area contributed by atoms with Crippen molar-refractivity contribution in [1.82, 2.24) is 0 Å². The quantitative estimate of drug-likeness (QED) is 0.558. The summed E-state index contributed by atoms with van der Waals surface area (Å²) >= 11 is 0. The first-order valence-corrected chi connectivity index (χ1v) is 4.06. The summed E-state index contributed by atoms with van der Waals surface area (Å²) < 4.78 is 30.7. The van der Waals surface area contributed by atoms with Gasteiger partial charge in [0.05, 0.1) is 12.7 Å². The van der Waals surface area contributed by atoms with Crippen molar-refractivity contribution in [2.24, 2.45) is 0 Å². The third-order valence-corrected chi connectivity index (χ3v) is 1.86. The highest BCUT2D eigenvalue weighted by Crippen LogP contribution is 2.18. The van der Waals surface area contributed by atoms with Crippen molar-refractivity contribution < 1.29 is 23.1 Å². The monoisotopic (exact) mass is 214 g/mol. The summed E-state index contributed by atoms with van der Waals surface area (Å²) in [5, 5.41) is 0. The van der Waals surface area contributed by atoms with Gasteiger partial charge < -0.3 is 4.74 Å². The number of hydrogen-bond donors (Lipinski definition) is 0. The predicted octanol–water partition coefficient (Wildman–Crippen LogP) is 1.95. The fourth-order valence-electron chi connectivity index (χ4n) is 1.11. The molecule has 80 valence electrons. The standard InChI is InChI=1S/C10H8F2O3/c1-5(13)6-3-4-7(11)8(9(6)12)10(14)15-2/h3-4H,1-2H3. The zero-order valence-corrected chi connectivity index (χ0v) is 8.14. The van der Waals surface area contributed by atoms with Crippen molar-refractivity contribution >= 4 is 11.8 Å². The van der Waals surface area contributed by atoms with Crippen LogP contribution in [0.3, 0.4) is 0 Å². The molecule has 0 atom stereocenters. The summed E-state index contributed by atoms with van der Waals surface area (Å²) in [5.74, 6) is -3.97. The van der Waals surface area contributed by atoms with Crippen LogP contribution in [0, 0.1) is 11.6 Å². The lowest BCUT2D eigenvalue weighted by atomic mass is 10.1. The lowest BCUT2D eigenvalue weighted by molar-refractivity contribution is 0.0589. The number of ketones is 1. The van der Waals surface area contributed by atoms with E-state index in [1.807, 2.05) is 0 Å². The number of halogens is 2. The van der Waals surface area contributed by atoms with Gasteiger partial charge in [0.1, 0.15) is 11.4 Å². The number of ether oxygens (including phenoxy) is 1. The van der Waals surface area contributed by atoms with Gasteiger partial charge in [0.25, 0.3) is 0 Å². The van der Waals surface area contributed by atoms with E-state index in [4.69, 9.17) is 0 Å². The summed E-state index contributed by atoms with van der Waals surface area (Å²) in [6.45, 7) is 1.12. The molecule has 0 spiro atoms. The van der Waals surface area contributed by atoms with E-state index >= 15 is 0 Å². The Morgan fingerprint density at radius 3 is 2.33 bits per heavy atom. The van der Waals surface area contributed by atoms with Gasteiger partial charge in [-0.2, -0.15) is 0 Å². The van der Waals surface area contributed by atoms with Crippen LogP contribution in [0.25, 0.3) is 0 Å². The van der Waals surface area contributed by atoms with Gasteiger partial charge in [-0.1, -0.05) is 0 Å². The van der Waals surface area contributed by atoms with E-state index in [-0.39, 0.29) is 5.56 Å². The fourth-order valence-corrected chi connectivity index (χ4v) is 1.11. The molecule has 1 aromatic carbocycles. The van der Waals surface area contributed by atoms with Gasteiger partial charge in [0.15, 0.2) is 11.6 Å². The molecule has 0 aromatic heterocycles. The number of benzene rings is 1. The molecule has 1 rings (SSSR count). The second-order valence-corrected chi connectivity index (χ2v) is 2.83. The molecule has 0 fully saturated rings. The number of rotatable bonds is 2. The maximum atomic E-state index is 13.5. The number of carbonyl (C=O) groups is 2. The van der Waals surface area contributed by atoms with Gasteiger partial charge in [0, 0.05) is 0 Å². The normalized spacial score (nSPS) is 9.87. The van der Waals surface area contributed by atoms with Crippen LogP contribution in [-0.4, -0.2) is 18.9 Å². The smallest absolute Gasteiger partial charge is 0.343 e. The van der Waals surface area contributed by atoms with Gasteiger partial charge >= 0.3 is 5.97 Å². The number of methoxy groups -OCH3 is 1. The summed E-state index contributed by atoms with van der Waals surface area (Å²) in [6.07, 6.45) is 0. The molecule has 3 nitrogen and oxygen atoms in total. The Morgan fingerprint density at radius 2 is 1.87 bits per heavy atom. The fraction of sp³-hybridized carbons (Fsp3) is 0.200. The number of esters is 1. The molecule has 0 saturated heterocycles. The Kier molecular flexibility index (Phi) is 3.14. The maximum absolute atomic E-state index is 13.5. The summed E-state index contributed by atoms with van der Waals surface area (Å²) in [7, 11) is 1.00. The van der Waals surface area contributed by atoms with E-state index in [0.29, 0.717) is 0 Å². The van der Waals surface area contributed by atoms with E-state index in [9.17, 15) is 18.4 Å². The van der Waals surface area contributed by atoms with Crippen LogP contribution in [0.1, 0.15) is 27.6 Å². The Bertz CT molecular complexity index is 427. The average Bonchev–Trinajstić information content (AvgIpc) is 2.16. The molecule has 0 aliphatic rings. The highest BCUT2D eigenvalue weighted by atomic mass is 19.1. The second kappa shape index (κ2) is 4.16. The lowest BCUT2D eigenvalue weighted by Crippen LogP contribution is -2.11. The van der Waals surface area contributed by atoms with Crippen LogP contribution >= 0.6 is 0 Å². The van der Waals surface area contributed by atoms with Crippen LogP contribution in [0.15, 0.2) is 12.1 Å². The predicted molar refractivity (Wildman–Crippen MR) is 47.7 cm³/mol. The molecule has 15 heavy (non-hydrogen) atoms. The summed E-state index contributed by atoms with van der Waals surface area (Å²) in [4.78, 5) is 21.9. The van der Waals surface area contributed by atoms with Crippen LogP contribution < -0.4 is 0 Å². The Balaban J connectivity index is 3.43. The van der Waals surface area contributed by atoms with E-state index in [2.05, 4.69) is 4.74 Å². The lowest BCUT2D eigenvalue weighted by Gasteiger charge is -2.05. The molecule has 0 saturated carbocycles. The Hall–Kier alpha value is -1.78. The molecule has 5 heteroatoms. The van der Waals surface area contributed by atoms with E-state index in [1.54, 1.807) is 0 Å². The summed E-state index contributed by atoms with van der Waals surface area (Å²) in [6, 6.07) is 1.84. The Labute approximate surface area is 84.7 Å². The minimum atomic E-state index is -1.19. The first kappa shape index (κ1) is 11.3. The molecule has 0 heterocycles. The molecule has 0 N–H and O–H groups in total. The molecule has 0 unspecified atom stereocenters. The van der Waals surface area contributed by atoms with Crippen LogP contribution in [-0.2, 0) is 4.74 Å². The zero-order chi connectivity index (χ0) is 11.6. The van der Waals surface area contributed by atoms with Crippen LogP contribution in [0.5, 0.6) is 0 Å². The molecule has 0 aliphatic carbocycles. The van der Waals surface area contributed by atoms with E-state index < -0.39 is 29.0 Å². The molecule has 0 aliphatic heterocycles. The molecule has 0 bridgehead atoms. The first-order valence-electron chi connectivity index (χ1n) is 4.06. The van der Waals surface area contributed by atoms with E-state index in [0.717, 1.165) is 26.2 Å².